The van der Waals surface area contributed by atoms with E-state index in [4.69, 9.17) is 10.2 Å². The molecule has 6 heteroatoms. The molecule has 0 aliphatic carbocycles. The van der Waals surface area contributed by atoms with Crippen molar-refractivity contribution in [1.29, 1.82) is 5.26 Å². The van der Waals surface area contributed by atoms with Crippen LogP contribution in [0.15, 0.2) is 88.1 Å². The minimum atomic E-state index is -0.723. The molecular weight excluding hydrogens is 414 g/mol. The molecule has 3 N–H and O–H groups in total. The molecule has 0 saturated carbocycles. The van der Waals surface area contributed by atoms with E-state index in [1.54, 1.807) is 28.8 Å². The summed E-state index contributed by atoms with van der Waals surface area (Å²) in [5, 5.41) is 21.7. The van der Waals surface area contributed by atoms with Crippen molar-refractivity contribution in [2.24, 2.45) is 0 Å². The van der Waals surface area contributed by atoms with Gasteiger partial charge in [0.05, 0.1) is 11.1 Å². The number of hydrogen-bond donors (Lipinski definition) is 2. The van der Waals surface area contributed by atoms with Gasteiger partial charge in [0.1, 0.15) is 34.3 Å². The molecule has 5 rings (SSSR count). The maximum atomic E-state index is 13.2. The molecule has 0 bridgehead atoms. The highest BCUT2D eigenvalue weighted by Crippen LogP contribution is 2.45. The maximum Gasteiger partial charge on any atom is 0.349 e. The summed E-state index contributed by atoms with van der Waals surface area (Å²) in [4.78, 5) is 13.2. The molecule has 0 saturated heterocycles. The van der Waals surface area contributed by atoms with Gasteiger partial charge in [-0.2, -0.15) is 5.26 Å². The number of rotatable bonds is 3. The summed E-state index contributed by atoms with van der Waals surface area (Å²) in [6.45, 7) is 1.96. The van der Waals surface area contributed by atoms with E-state index < -0.39 is 5.63 Å². The SMILES string of the molecule is Cc1ccc(-c2c(C#N)c(N)n(-c3ccccc3)c2-c2c(O)c3ccccc3oc2=O)cc1. The molecular formula is C27H19N3O3. The van der Waals surface area contributed by atoms with Gasteiger partial charge in [0.15, 0.2) is 0 Å². The number of nitrogens with zero attached hydrogens (tertiary/aromatic N) is 2. The van der Waals surface area contributed by atoms with Crippen LogP contribution in [-0.2, 0) is 0 Å². The lowest BCUT2D eigenvalue weighted by Gasteiger charge is -2.14. The van der Waals surface area contributed by atoms with E-state index in [0.29, 0.717) is 27.9 Å². The second kappa shape index (κ2) is 7.74. The van der Waals surface area contributed by atoms with Crippen LogP contribution in [0.25, 0.3) is 39.0 Å². The number of anilines is 1. The van der Waals surface area contributed by atoms with Crippen LogP contribution >= 0.6 is 0 Å². The van der Waals surface area contributed by atoms with E-state index >= 15 is 0 Å². The zero-order valence-electron chi connectivity index (χ0n) is 17.7. The first kappa shape index (κ1) is 20.2. The molecule has 6 nitrogen and oxygen atoms in total. The number of aromatic nitrogens is 1. The van der Waals surface area contributed by atoms with Gasteiger partial charge in [0.2, 0.25) is 0 Å². The average molecular weight is 433 g/mol. The molecule has 0 unspecified atom stereocenters. The van der Waals surface area contributed by atoms with Crippen LogP contribution in [0.5, 0.6) is 5.75 Å². The minimum absolute atomic E-state index is 0.0543. The van der Waals surface area contributed by atoms with Gasteiger partial charge in [-0.1, -0.05) is 60.2 Å². The van der Waals surface area contributed by atoms with Crippen molar-refractivity contribution < 1.29 is 9.52 Å². The molecule has 0 aliphatic heterocycles. The number of para-hydroxylation sites is 2. The first-order valence-electron chi connectivity index (χ1n) is 10.3. The van der Waals surface area contributed by atoms with Gasteiger partial charge in [-0.15, -0.1) is 0 Å². The molecule has 0 atom stereocenters. The summed E-state index contributed by atoms with van der Waals surface area (Å²) in [6.07, 6.45) is 0. The summed E-state index contributed by atoms with van der Waals surface area (Å²) >= 11 is 0. The summed E-state index contributed by atoms with van der Waals surface area (Å²) in [5.74, 6) is -0.0596. The smallest absolute Gasteiger partial charge is 0.349 e. The van der Waals surface area contributed by atoms with Gasteiger partial charge in [-0.05, 0) is 36.8 Å². The van der Waals surface area contributed by atoms with Gasteiger partial charge in [-0.25, -0.2) is 4.79 Å². The van der Waals surface area contributed by atoms with E-state index in [1.807, 2.05) is 61.5 Å². The molecule has 0 amide bonds. The third-order valence-electron chi connectivity index (χ3n) is 5.70. The molecule has 33 heavy (non-hydrogen) atoms. The van der Waals surface area contributed by atoms with Crippen molar-refractivity contribution in [2.75, 3.05) is 5.73 Å². The van der Waals surface area contributed by atoms with Crippen LogP contribution in [0.4, 0.5) is 5.82 Å². The van der Waals surface area contributed by atoms with Crippen LogP contribution in [0.2, 0.25) is 0 Å². The summed E-state index contributed by atoms with van der Waals surface area (Å²) in [5.41, 5.74) is 9.34. The Kier molecular flexibility index (Phi) is 4.73. The topological polar surface area (TPSA) is 105 Å². The Labute approximate surface area is 189 Å². The molecule has 2 heterocycles. The Morgan fingerprint density at radius 1 is 0.939 bits per heavy atom. The number of nitrogens with two attached hydrogens (primary N) is 1. The molecule has 0 spiro atoms. The predicted molar refractivity (Wildman–Crippen MR) is 128 cm³/mol. The predicted octanol–water partition coefficient (Wildman–Crippen LogP) is 5.39. The fraction of sp³-hybridized carbons (Fsp3) is 0.0370. The molecule has 160 valence electrons. The Hall–Kier alpha value is -4.76. The summed E-state index contributed by atoms with van der Waals surface area (Å²) in [6, 6.07) is 25.7. The second-order valence-corrected chi connectivity index (χ2v) is 7.74. The monoisotopic (exact) mass is 433 g/mol. The second-order valence-electron chi connectivity index (χ2n) is 7.74. The third kappa shape index (κ3) is 3.15. The van der Waals surface area contributed by atoms with E-state index in [1.165, 1.54) is 0 Å². The average Bonchev–Trinajstić information content (AvgIpc) is 3.12. The lowest BCUT2D eigenvalue weighted by atomic mass is 9.96. The van der Waals surface area contributed by atoms with Crippen LogP contribution in [0.1, 0.15) is 11.1 Å². The normalized spacial score (nSPS) is 10.9. The van der Waals surface area contributed by atoms with Crippen molar-refractivity contribution in [1.82, 2.24) is 4.57 Å². The van der Waals surface area contributed by atoms with Gasteiger partial charge in [0, 0.05) is 11.3 Å². The quantitative estimate of drug-likeness (QED) is 0.371. The Balaban J connectivity index is 1.99. The zero-order valence-corrected chi connectivity index (χ0v) is 17.7. The van der Waals surface area contributed by atoms with E-state index in [2.05, 4.69) is 6.07 Å². The van der Waals surface area contributed by atoms with Gasteiger partial charge in [-0.3, -0.25) is 4.57 Å². The fourth-order valence-electron chi connectivity index (χ4n) is 4.13. The number of aromatic hydroxyl groups is 1. The van der Waals surface area contributed by atoms with Crippen molar-refractivity contribution in [3.05, 3.63) is 100 Å². The number of aryl methyl sites for hydroxylation is 1. The molecule has 0 fully saturated rings. The largest absolute Gasteiger partial charge is 0.506 e. The Bertz CT molecular complexity index is 1610. The molecule has 0 radical (unpaired) electrons. The maximum absolute atomic E-state index is 13.2. The highest BCUT2D eigenvalue weighted by Gasteiger charge is 2.29. The van der Waals surface area contributed by atoms with Crippen molar-refractivity contribution >= 4 is 16.8 Å². The molecule has 5 aromatic rings. The van der Waals surface area contributed by atoms with Crippen molar-refractivity contribution in [3.63, 3.8) is 0 Å². The highest BCUT2D eigenvalue weighted by atomic mass is 16.4. The number of nitriles is 1. The highest BCUT2D eigenvalue weighted by molar-refractivity contribution is 5.97. The Morgan fingerprint density at radius 2 is 1.61 bits per heavy atom. The summed E-state index contributed by atoms with van der Waals surface area (Å²) in [7, 11) is 0. The van der Waals surface area contributed by atoms with Crippen LogP contribution in [0, 0.1) is 18.3 Å². The van der Waals surface area contributed by atoms with E-state index in [0.717, 1.165) is 5.56 Å². The van der Waals surface area contributed by atoms with Crippen molar-refractivity contribution in [3.8, 4) is 39.9 Å². The first-order chi connectivity index (χ1) is 16.0. The van der Waals surface area contributed by atoms with Crippen molar-refractivity contribution in [2.45, 2.75) is 6.92 Å². The number of fused-ring (bicyclic) bond motifs is 1. The zero-order chi connectivity index (χ0) is 23.1. The number of hydrogen-bond acceptors (Lipinski definition) is 5. The van der Waals surface area contributed by atoms with Crippen LogP contribution in [-0.4, -0.2) is 9.67 Å². The van der Waals surface area contributed by atoms with E-state index in [9.17, 15) is 15.2 Å². The third-order valence-corrected chi connectivity index (χ3v) is 5.70. The summed E-state index contributed by atoms with van der Waals surface area (Å²) < 4.78 is 7.18. The number of nitrogen functional groups attached to an aromatic ring is 1. The van der Waals surface area contributed by atoms with Gasteiger partial charge >= 0.3 is 5.63 Å². The van der Waals surface area contributed by atoms with Crippen LogP contribution in [0.3, 0.4) is 0 Å². The lowest BCUT2D eigenvalue weighted by Crippen LogP contribution is -2.09. The standard InChI is InChI=1S/C27H19N3O3/c1-16-11-13-17(14-12-16)22-20(15-28)26(29)30(18-7-3-2-4-8-18)24(22)23-25(31)19-9-5-6-10-21(19)33-27(23)32/h2-14,31H,29H2,1H3. The van der Waals surface area contributed by atoms with Gasteiger partial charge in [0.25, 0.3) is 0 Å². The lowest BCUT2D eigenvalue weighted by molar-refractivity contribution is 0.470. The molecule has 2 aromatic heterocycles. The molecule has 0 aliphatic rings. The van der Waals surface area contributed by atoms with Crippen LogP contribution < -0.4 is 11.4 Å². The molecule has 3 aromatic carbocycles. The number of benzene rings is 3. The van der Waals surface area contributed by atoms with Gasteiger partial charge < -0.3 is 15.3 Å². The Morgan fingerprint density at radius 3 is 2.30 bits per heavy atom. The van der Waals surface area contributed by atoms with E-state index in [-0.39, 0.29) is 28.3 Å². The minimum Gasteiger partial charge on any atom is -0.506 e. The fourth-order valence-corrected chi connectivity index (χ4v) is 4.13. The first-order valence-corrected chi connectivity index (χ1v) is 10.3.